The Morgan fingerprint density at radius 2 is 2.11 bits per heavy atom. The van der Waals surface area contributed by atoms with E-state index in [1.165, 1.54) is 12.1 Å². The maximum Gasteiger partial charge on any atom is 0.123 e. The van der Waals surface area contributed by atoms with E-state index < -0.39 is 0 Å². The zero-order valence-electron chi connectivity index (χ0n) is 11.2. The summed E-state index contributed by atoms with van der Waals surface area (Å²) in [5.41, 5.74) is 8.61. The number of nitrogens with two attached hydrogens (primary N) is 1. The molecule has 19 heavy (non-hydrogen) atoms. The summed E-state index contributed by atoms with van der Waals surface area (Å²) in [6.45, 7) is 2.51. The molecular weight excluding hydrogens is 241 g/mol. The second-order valence-electron chi connectivity index (χ2n) is 4.67. The fourth-order valence-corrected chi connectivity index (χ4v) is 2.06. The van der Waals surface area contributed by atoms with E-state index in [9.17, 15) is 4.39 Å². The first-order valence-corrected chi connectivity index (χ1v) is 6.24. The molecule has 0 aliphatic rings. The topological polar surface area (TPSA) is 42.1 Å². The van der Waals surface area contributed by atoms with Crippen molar-refractivity contribution in [3.8, 4) is 0 Å². The van der Waals surface area contributed by atoms with E-state index in [4.69, 9.17) is 5.73 Å². The Morgan fingerprint density at radius 1 is 1.32 bits per heavy atom. The summed E-state index contributed by atoms with van der Waals surface area (Å²) >= 11 is 0. The molecule has 0 saturated carbocycles. The van der Waals surface area contributed by atoms with Gasteiger partial charge in [0.15, 0.2) is 0 Å². The van der Waals surface area contributed by atoms with Gasteiger partial charge >= 0.3 is 0 Å². The van der Waals surface area contributed by atoms with Gasteiger partial charge in [0.25, 0.3) is 0 Å². The largest absolute Gasteiger partial charge is 0.368 e. The van der Waals surface area contributed by atoms with Crippen molar-refractivity contribution in [3.05, 3.63) is 59.7 Å². The Kier molecular flexibility index (Phi) is 4.12. The lowest BCUT2D eigenvalue weighted by Gasteiger charge is -2.23. The lowest BCUT2D eigenvalue weighted by Crippen LogP contribution is -2.20. The van der Waals surface area contributed by atoms with E-state index in [-0.39, 0.29) is 11.9 Å². The molecule has 0 bridgehead atoms. The Hall–Kier alpha value is -1.94. The molecule has 0 aliphatic carbocycles. The van der Waals surface area contributed by atoms with Crippen LogP contribution >= 0.6 is 0 Å². The van der Waals surface area contributed by atoms with Crippen LogP contribution < -0.4 is 10.6 Å². The number of hydrogen-bond donors (Lipinski definition) is 1. The van der Waals surface area contributed by atoms with Gasteiger partial charge in [-0.15, -0.1) is 0 Å². The van der Waals surface area contributed by atoms with Gasteiger partial charge in [0.1, 0.15) is 5.82 Å². The number of anilines is 1. The van der Waals surface area contributed by atoms with Crippen LogP contribution in [0.5, 0.6) is 0 Å². The molecule has 0 radical (unpaired) electrons. The highest BCUT2D eigenvalue weighted by Gasteiger charge is 2.12. The van der Waals surface area contributed by atoms with Gasteiger partial charge in [-0.3, -0.25) is 4.98 Å². The molecule has 1 aromatic heterocycles. The summed E-state index contributed by atoms with van der Waals surface area (Å²) < 4.78 is 13.3. The maximum absolute atomic E-state index is 13.3. The van der Waals surface area contributed by atoms with E-state index in [2.05, 4.69) is 4.98 Å². The van der Waals surface area contributed by atoms with Crippen molar-refractivity contribution in [2.24, 2.45) is 5.73 Å². The highest BCUT2D eigenvalue weighted by Crippen LogP contribution is 2.26. The maximum atomic E-state index is 13.3. The minimum absolute atomic E-state index is 0.211. The van der Waals surface area contributed by atoms with E-state index in [0.29, 0.717) is 6.54 Å². The molecule has 2 aromatic rings. The Balaban J connectivity index is 2.26. The minimum Gasteiger partial charge on any atom is -0.368 e. The summed E-state index contributed by atoms with van der Waals surface area (Å²) in [6, 6.07) is 10.3. The van der Waals surface area contributed by atoms with Crippen molar-refractivity contribution in [2.45, 2.75) is 19.5 Å². The van der Waals surface area contributed by atoms with Gasteiger partial charge in [0.05, 0.1) is 12.2 Å². The Bertz CT molecular complexity index is 540. The van der Waals surface area contributed by atoms with Crippen LogP contribution in [-0.2, 0) is 6.54 Å². The summed E-state index contributed by atoms with van der Waals surface area (Å²) in [7, 11) is 1.95. The predicted octanol–water partition coefficient (Wildman–Crippen LogP) is 2.88. The fourth-order valence-electron chi connectivity index (χ4n) is 2.06. The van der Waals surface area contributed by atoms with Gasteiger partial charge in [0.2, 0.25) is 0 Å². The molecule has 2 N–H and O–H groups in total. The van der Waals surface area contributed by atoms with Crippen LogP contribution in [0.3, 0.4) is 0 Å². The van der Waals surface area contributed by atoms with Crippen LogP contribution in [0.1, 0.15) is 24.2 Å². The molecule has 2 rings (SSSR count). The average molecular weight is 259 g/mol. The number of rotatable bonds is 4. The molecule has 0 unspecified atom stereocenters. The number of hydrogen-bond acceptors (Lipinski definition) is 3. The molecule has 1 heterocycles. The molecule has 0 saturated heterocycles. The first kappa shape index (κ1) is 13.5. The SMILES string of the molecule is C[C@H](N)c1cc(F)ccc1N(C)Cc1ccccn1. The lowest BCUT2D eigenvalue weighted by molar-refractivity contribution is 0.621. The molecular formula is C15H18FN3. The molecule has 100 valence electrons. The van der Waals surface area contributed by atoms with Gasteiger partial charge in [-0.2, -0.15) is 0 Å². The molecule has 1 atom stereocenters. The highest BCUT2D eigenvalue weighted by molar-refractivity contribution is 5.54. The van der Waals surface area contributed by atoms with Crippen molar-refractivity contribution in [1.29, 1.82) is 0 Å². The van der Waals surface area contributed by atoms with Crippen LogP contribution in [0.4, 0.5) is 10.1 Å². The van der Waals surface area contributed by atoms with Crippen molar-refractivity contribution >= 4 is 5.69 Å². The summed E-state index contributed by atoms with van der Waals surface area (Å²) in [5.74, 6) is -0.262. The number of pyridine rings is 1. The van der Waals surface area contributed by atoms with E-state index >= 15 is 0 Å². The van der Waals surface area contributed by atoms with Crippen LogP contribution in [0.15, 0.2) is 42.6 Å². The van der Waals surface area contributed by atoms with Crippen molar-refractivity contribution in [2.75, 3.05) is 11.9 Å². The second kappa shape index (κ2) is 5.80. The normalized spacial score (nSPS) is 12.2. The Labute approximate surface area is 112 Å². The smallest absolute Gasteiger partial charge is 0.123 e. The summed E-state index contributed by atoms with van der Waals surface area (Å²) in [4.78, 5) is 6.32. The number of halogens is 1. The first-order chi connectivity index (χ1) is 9.08. The van der Waals surface area contributed by atoms with E-state index in [0.717, 1.165) is 16.9 Å². The van der Waals surface area contributed by atoms with E-state index in [1.54, 1.807) is 12.3 Å². The number of nitrogens with zero attached hydrogens (tertiary/aromatic N) is 2. The Morgan fingerprint density at radius 3 is 2.74 bits per heavy atom. The molecule has 4 heteroatoms. The molecule has 3 nitrogen and oxygen atoms in total. The van der Waals surface area contributed by atoms with Crippen molar-refractivity contribution in [1.82, 2.24) is 4.98 Å². The third kappa shape index (κ3) is 3.29. The van der Waals surface area contributed by atoms with Crippen LogP contribution in [0.25, 0.3) is 0 Å². The zero-order chi connectivity index (χ0) is 13.8. The van der Waals surface area contributed by atoms with Crippen LogP contribution in [0.2, 0.25) is 0 Å². The third-order valence-electron chi connectivity index (χ3n) is 3.02. The molecule has 0 amide bonds. The van der Waals surface area contributed by atoms with Crippen LogP contribution in [-0.4, -0.2) is 12.0 Å². The summed E-state index contributed by atoms with van der Waals surface area (Å²) in [5, 5.41) is 0. The zero-order valence-corrected chi connectivity index (χ0v) is 11.2. The average Bonchev–Trinajstić information content (AvgIpc) is 2.39. The van der Waals surface area contributed by atoms with Gasteiger partial charge in [0, 0.05) is 25.0 Å². The highest BCUT2D eigenvalue weighted by atomic mass is 19.1. The fraction of sp³-hybridized carbons (Fsp3) is 0.267. The molecule has 0 aliphatic heterocycles. The molecule has 1 aromatic carbocycles. The minimum atomic E-state index is -0.262. The number of benzene rings is 1. The van der Waals surface area contributed by atoms with Crippen molar-refractivity contribution < 1.29 is 4.39 Å². The van der Waals surface area contributed by atoms with Gasteiger partial charge in [-0.25, -0.2) is 4.39 Å². The van der Waals surface area contributed by atoms with E-state index in [1.807, 2.05) is 37.1 Å². The van der Waals surface area contributed by atoms with Gasteiger partial charge < -0.3 is 10.6 Å². The lowest BCUT2D eigenvalue weighted by atomic mass is 10.1. The molecule has 0 fully saturated rings. The first-order valence-electron chi connectivity index (χ1n) is 6.24. The van der Waals surface area contributed by atoms with Crippen molar-refractivity contribution in [3.63, 3.8) is 0 Å². The van der Waals surface area contributed by atoms with Crippen LogP contribution in [0, 0.1) is 5.82 Å². The summed E-state index contributed by atoms with van der Waals surface area (Å²) in [6.07, 6.45) is 1.76. The third-order valence-corrected chi connectivity index (χ3v) is 3.02. The van der Waals surface area contributed by atoms with Gasteiger partial charge in [-0.05, 0) is 42.8 Å². The standard InChI is InChI=1S/C15H18FN3/c1-11(17)14-9-12(16)6-7-15(14)19(2)10-13-5-3-4-8-18-13/h3-9,11H,10,17H2,1-2H3/t11-/m0/s1. The molecule has 0 spiro atoms. The predicted molar refractivity (Wildman–Crippen MR) is 75.3 cm³/mol. The quantitative estimate of drug-likeness (QED) is 0.918. The second-order valence-corrected chi connectivity index (χ2v) is 4.67. The van der Waals surface area contributed by atoms with Gasteiger partial charge in [-0.1, -0.05) is 6.07 Å². The number of aromatic nitrogens is 1. The monoisotopic (exact) mass is 259 g/mol.